The minimum atomic E-state index is 0.00287. The van der Waals surface area contributed by atoms with Gasteiger partial charge in [0, 0.05) is 0 Å². The highest BCUT2D eigenvalue weighted by atomic mass is 15.3. The van der Waals surface area contributed by atoms with Crippen molar-refractivity contribution in [3.8, 4) is 0 Å². The monoisotopic (exact) mass is 178 g/mol. The molecule has 0 saturated carbocycles. The van der Waals surface area contributed by atoms with Crippen molar-refractivity contribution < 1.29 is 0 Å². The molecule has 1 unspecified atom stereocenters. The average molecular weight is 178 g/mol. The normalized spacial score (nSPS) is 18.7. The molecule has 1 aromatic heterocycles. The van der Waals surface area contributed by atoms with Gasteiger partial charge < -0.3 is 5.73 Å². The molecule has 2 rings (SSSR count). The Kier molecular flexibility index (Phi) is 2.40. The van der Waals surface area contributed by atoms with Gasteiger partial charge in [-0.05, 0) is 25.7 Å². The third kappa shape index (κ3) is 1.95. The van der Waals surface area contributed by atoms with Crippen LogP contribution >= 0.6 is 0 Å². The molecule has 0 bridgehead atoms. The third-order valence-corrected chi connectivity index (χ3v) is 2.43. The number of hydrogen-bond donors (Lipinski definition) is 2. The van der Waals surface area contributed by atoms with Gasteiger partial charge in [0.25, 0.3) is 0 Å². The zero-order chi connectivity index (χ0) is 9.10. The van der Waals surface area contributed by atoms with Crippen LogP contribution in [-0.4, -0.2) is 15.4 Å². The van der Waals surface area contributed by atoms with E-state index in [-0.39, 0.29) is 6.04 Å². The van der Waals surface area contributed by atoms with E-state index in [1.807, 2.05) is 0 Å². The van der Waals surface area contributed by atoms with Gasteiger partial charge in [0.15, 0.2) is 0 Å². The molecule has 0 fully saturated rings. The van der Waals surface area contributed by atoms with Gasteiger partial charge in [-0.3, -0.25) is 0 Å². The van der Waals surface area contributed by atoms with Crippen molar-refractivity contribution in [3.63, 3.8) is 0 Å². The molecule has 0 aromatic carbocycles. The standard InChI is InChI=1S/C9H14N4/c10-8(9-6-11-13-12-9)5-7-3-1-2-4-7/h3,6,8H,1-2,4-5,10H2,(H,11,12,13). The number of rotatable bonds is 3. The molecular weight excluding hydrogens is 164 g/mol. The molecule has 1 aromatic rings. The van der Waals surface area contributed by atoms with Gasteiger partial charge in [-0.25, -0.2) is 0 Å². The highest BCUT2D eigenvalue weighted by Gasteiger charge is 2.13. The molecule has 0 spiro atoms. The van der Waals surface area contributed by atoms with Crippen molar-refractivity contribution in [2.75, 3.05) is 0 Å². The number of allylic oxidation sites excluding steroid dienone is 1. The highest BCUT2D eigenvalue weighted by molar-refractivity contribution is 5.12. The van der Waals surface area contributed by atoms with Crippen LogP contribution in [0.15, 0.2) is 17.8 Å². The lowest BCUT2D eigenvalue weighted by atomic mass is 10.0. The molecular formula is C9H14N4. The van der Waals surface area contributed by atoms with Gasteiger partial charge in [-0.1, -0.05) is 11.6 Å². The smallest absolute Gasteiger partial charge is 0.0994 e. The van der Waals surface area contributed by atoms with E-state index in [4.69, 9.17) is 5.73 Å². The summed E-state index contributed by atoms with van der Waals surface area (Å²) >= 11 is 0. The SMILES string of the molecule is NC(CC1=CCCC1)c1cn[nH]n1. The first-order valence-electron chi connectivity index (χ1n) is 4.65. The van der Waals surface area contributed by atoms with E-state index in [1.165, 1.54) is 24.8 Å². The summed E-state index contributed by atoms with van der Waals surface area (Å²) in [6, 6.07) is 0.00287. The fourth-order valence-electron chi connectivity index (χ4n) is 1.70. The van der Waals surface area contributed by atoms with Crippen molar-refractivity contribution >= 4 is 0 Å². The molecule has 1 aliphatic carbocycles. The summed E-state index contributed by atoms with van der Waals surface area (Å²) in [5, 5.41) is 10.3. The molecule has 1 aliphatic rings. The van der Waals surface area contributed by atoms with Crippen molar-refractivity contribution in [2.45, 2.75) is 31.7 Å². The second-order valence-electron chi connectivity index (χ2n) is 3.46. The quantitative estimate of drug-likeness (QED) is 0.685. The molecule has 0 saturated heterocycles. The molecule has 1 atom stereocenters. The predicted molar refractivity (Wildman–Crippen MR) is 49.9 cm³/mol. The second-order valence-corrected chi connectivity index (χ2v) is 3.46. The van der Waals surface area contributed by atoms with Crippen LogP contribution in [0.1, 0.15) is 37.4 Å². The van der Waals surface area contributed by atoms with Crippen molar-refractivity contribution in [1.82, 2.24) is 15.4 Å². The van der Waals surface area contributed by atoms with Gasteiger partial charge in [0.2, 0.25) is 0 Å². The summed E-state index contributed by atoms with van der Waals surface area (Å²) in [5.41, 5.74) is 8.28. The van der Waals surface area contributed by atoms with Crippen LogP contribution in [0.4, 0.5) is 0 Å². The van der Waals surface area contributed by atoms with Gasteiger partial charge >= 0.3 is 0 Å². The van der Waals surface area contributed by atoms with E-state index in [9.17, 15) is 0 Å². The van der Waals surface area contributed by atoms with Crippen LogP contribution < -0.4 is 5.73 Å². The van der Waals surface area contributed by atoms with E-state index >= 15 is 0 Å². The minimum Gasteiger partial charge on any atom is -0.322 e. The Bertz CT molecular complexity index is 289. The van der Waals surface area contributed by atoms with Crippen LogP contribution in [0, 0.1) is 0 Å². The Hall–Kier alpha value is -1.16. The van der Waals surface area contributed by atoms with Gasteiger partial charge in [0.05, 0.1) is 17.9 Å². The summed E-state index contributed by atoms with van der Waals surface area (Å²) in [5.74, 6) is 0. The van der Waals surface area contributed by atoms with E-state index < -0.39 is 0 Å². The number of aromatic nitrogens is 3. The maximum atomic E-state index is 5.96. The van der Waals surface area contributed by atoms with Crippen LogP contribution in [0.3, 0.4) is 0 Å². The Balaban J connectivity index is 1.95. The second kappa shape index (κ2) is 3.70. The number of nitrogens with two attached hydrogens (primary N) is 1. The largest absolute Gasteiger partial charge is 0.322 e. The summed E-state index contributed by atoms with van der Waals surface area (Å²) in [4.78, 5) is 0. The lowest BCUT2D eigenvalue weighted by molar-refractivity contribution is 0.672. The molecule has 4 nitrogen and oxygen atoms in total. The van der Waals surface area contributed by atoms with Crippen molar-refractivity contribution in [1.29, 1.82) is 0 Å². The Labute approximate surface area is 77.2 Å². The zero-order valence-electron chi connectivity index (χ0n) is 7.53. The fraction of sp³-hybridized carbons (Fsp3) is 0.556. The molecule has 0 radical (unpaired) electrons. The van der Waals surface area contributed by atoms with E-state index in [1.54, 1.807) is 6.20 Å². The first kappa shape index (κ1) is 8.44. The van der Waals surface area contributed by atoms with E-state index in [0.29, 0.717) is 0 Å². The first-order valence-corrected chi connectivity index (χ1v) is 4.65. The first-order chi connectivity index (χ1) is 6.36. The maximum absolute atomic E-state index is 5.96. The molecule has 1 heterocycles. The summed E-state index contributed by atoms with van der Waals surface area (Å²) in [7, 11) is 0. The van der Waals surface area contributed by atoms with Crippen molar-refractivity contribution in [2.24, 2.45) is 5.73 Å². The molecule has 13 heavy (non-hydrogen) atoms. The number of H-pyrrole nitrogens is 1. The van der Waals surface area contributed by atoms with Crippen LogP contribution in [-0.2, 0) is 0 Å². The molecule has 4 heteroatoms. The number of nitrogens with zero attached hydrogens (tertiary/aromatic N) is 2. The number of hydrogen-bond acceptors (Lipinski definition) is 3. The molecule has 0 amide bonds. The lowest BCUT2D eigenvalue weighted by Crippen LogP contribution is -2.11. The fourth-order valence-corrected chi connectivity index (χ4v) is 1.70. The Morgan fingerprint density at radius 2 is 2.54 bits per heavy atom. The average Bonchev–Trinajstić information content (AvgIpc) is 2.74. The van der Waals surface area contributed by atoms with E-state index in [0.717, 1.165) is 12.1 Å². The Morgan fingerprint density at radius 3 is 3.15 bits per heavy atom. The van der Waals surface area contributed by atoms with Crippen molar-refractivity contribution in [3.05, 3.63) is 23.5 Å². The molecule has 3 N–H and O–H groups in total. The summed E-state index contributed by atoms with van der Waals surface area (Å²) in [6.45, 7) is 0. The van der Waals surface area contributed by atoms with Gasteiger partial charge in [-0.15, -0.1) is 0 Å². The molecule has 70 valence electrons. The summed E-state index contributed by atoms with van der Waals surface area (Å²) in [6.07, 6.45) is 8.60. The topological polar surface area (TPSA) is 67.6 Å². The predicted octanol–water partition coefficient (Wildman–Crippen LogP) is 1.30. The highest BCUT2D eigenvalue weighted by Crippen LogP contribution is 2.25. The minimum absolute atomic E-state index is 0.00287. The van der Waals surface area contributed by atoms with E-state index in [2.05, 4.69) is 21.5 Å². The van der Waals surface area contributed by atoms with Crippen LogP contribution in [0.2, 0.25) is 0 Å². The lowest BCUT2D eigenvalue weighted by Gasteiger charge is -2.08. The van der Waals surface area contributed by atoms with Crippen LogP contribution in [0.25, 0.3) is 0 Å². The summed E-state index contributed by atoms with van der Waals surface area (Å²) < 4.78 is 0. The third-order valence-electron chi connectivity index (χ3n) is 2.43. The van der Waals surface area contributed by atoms with Gasteiger partial charge in [-0.2, -0.15) is 15.4 Å². The molecule has 0 aliphatic heterocycles. The number of aromatic amines is 1. The Morgan fingerprint density at radius 1 is 1.62 bits per heavy atom. The maximum Gasteiger partial charge on any atom is 0.0994 e. The zero-order valence-corrected chi connectivity index (χ0v) is 7.53. The number of nitrogens with one attached hydrogen (secondary N) is 1. The van der Waals surface area contributed by atoms with Crippen LogP contribution in [0.5, 0.6) is 0 Å². The van der Waals surface area contributed by atoms with Gasteiger partial charge in [0.1, 0.15) is 0 Å².